The van der Waals surface area contributed by atoms with Gasteiger partial charge >= 0.3 is 0 Å². The fraction of sp³-hybridized carbons (Fsp3) is 0.200. The van der Waals surface area contributed by atoms with Crippen LogP contribution >= 0.6 is 33.9 Å². The predicted molar refractivity (Wildman–Crippen MR) is 63.9 cm³/mol. The first-order chi connectivity index (χ1) is 6.22. The fourth-order valence-corrected chi connectivity index (χ4v) is 3.19. The van der Waals surface area contributed by atoms with E-state index in [1.54, 1.807) is 0 Å². The van der Waals surface area contributed by atoms with Crippen molar-refractivity contribution in [2.75, 3.05) is 0 Å². The van der Waals surface area contributed by atoms with Gasteiger partial charge in [0.05, 0.1) is 7.58 Å². The van der Waals surface area contributed by atoms with Crippen molar-refractivity contribution in [3.8, 4) is 0 Å². The lowest BCUT2D eigenvalue weighted by Crippen LogP contribution is -1.85. The second kappa shape index (κ2) is 3.53. The fourth-order valence-electron chi connectivity index (χ4n) is 1.35. The number of hydrogen-bond donors (Lipinski definition) is 0. The molecule has 0 aliphatic carbocycles. The lowest BCUT2D eigenvalue weighted by atomic mass is 10.1. The van der Waals surface area contributed by atoms with Crippen LogP contribution in [0.4, 0.5) is 4.39 Å². The minimum absolute atomic E-state index is 0.0343. The third kappa shape index (κ3) is 1.59. The van der Waals surface area contributed by atoms with Crippen molar-refractivity contribution in [3.63, 3.8) is 0 Å². The molecule has 0 amide bonds. The van der Waals surface area contributed by atoms with Crippen molar-refractivity contribution in [1.82, 2.24) is 0 Å². The Morgan fingerprint density at radius 1 is 1.46 bits per heavy atom. The van der Waals surface area contributed by atoms with Crippen molar-refractivity contribution in [3.05, 3.63) is 32.5 Å². The van der Waals surface area contributed by atoms with Gasteiger partial charge in [-0.25, -0.2) is 4.39 Å². The number of benzene rings is 1. The Morgan fingerprint density at radius 3 is 2.92 bits per heavy atom. The number of thiophene rings is 1. The molecule has 1 aromatic heterocycles. The molecule has 0 saturated heterocycles. The van der Waals surface area contributed by atoms with Gasteiger partial charge in [-0.3, -0.25) is 0 Å². The van der Waals surface area contributed by atoms with Gasteiger partial charge in [-0.05, 0) is 46.0 Å². The summed E-state index contributed by atoms with van der Waals surface area (Å²) in [4.78, 5) is 0. The molecule has 0 spiro atoms. The molecule has 0 fully saturated rings. The van der Waals surface area contributed by atoms with Crippen LogP contribution in [0.15, 0.2) is 18.2 Å². The summed E-state index contributed by atoms with van der Waals surface area (Å²) in [7, 11) is 0. The molecule has 0 nitrogen and oxygen atoms in total. The molecule has 0 bridgehead atoms. The van der Waals surface area contributed by atoms with Gasteiger partial charge in [0.15, 0.2) is 0 Å². The van der Waals surface area contributed by atoms with E-state index in [1.807, 2.05) is 25.1 Å². The number of rotatable bonds is 1. The van der Waals surface area contributed by atoms with E-state index in [1.165, 1.54) is 11.3 Å². The summed E-state index contributed by atoms with van der Waals surface area (Å²) in [5.74, 6) is -0.0343. The average Bonchev–Trinajstić information content (AvgIpc) is 2.47. The summed E-state index contributed by atoms with van der Waals surface area (Å²) < 4.78 is 15.6. The lowest BCUT2D eigenvalue weighted by molar-refractivity contribution is 0.626. The minimum atomic E-state index is -0.0343. The molecule has 2 rings (SSSR count). The summed E-state index contributed by atoms with van der Waals surface area (Å²) in [5.41, 5.74) is 0.811. The SMILES string of the molecule is CCc1ccc2cc(I)sc2c1F. The highest BCUT2D eigenvalue weighted by Gasteiger charge is 2.08. The maximum absolute atomic E-state index is 13.7. The average molecular weight is 306 g/mol. The van der Waals surface area contributed by atoms with Crippen LogP contribution in [0.2, 0.25) is 0 Å². The van der Waals surface area contributed by atoms with Crippen molar-refractivity contribution >= 4 is 44.0 Å². The van der Waals surface area contributed by atoms with Crippen LogP contribution in [-0.2, 0) is 6.42 Å². The molecule has 0 saturated carbocycles. The topological polar surface area (TPSA) is 0 Å². The van der Waals surface area contributed by atoms with Crippen LogP contribution in [0.1, 0.15) is 12.5 Å². The third-order valence-electron chi connectivity index (χ3n) is 2.06. The van der Waals surface area contributed by atoms with Gasteiger partial charge in [0.2, 0.25) is 0 Å². The van der Waals surface area contributed by atoms with Gasteiger partial charge in [0.1, 0.15) is 5.82 Å². The molecule has 13 heavy (non-hydrogen) atoms. The highest BCUT2D eigenvalue weighted by Crippen LogP contribution is 2.30. The predicted octanol–water partition coefficient (Wildman–Crippen LogP) is 4.21. The monoisotopic (exact) mass is 306 g/mol. The van der Waals surface area contributed by atoms with E-state index in [0.29, 0.717) is 0 Å². The summed E-state index contributed by atoms with van der Waals surface area (Å²) in [6.45, 7) is 1.98. The number of fused-ring (bicyclic) bond motifs is 1. The molecule has 0 aliphatic rings. The highest BCUT2D eigenvalue weighted by molar-refractivity contribution is 14.1. The van der Waals surface area contributed by atoms with E-state index in [2.05, 4.69) is 22.6 Å². The largest absolute Gasteiger partial charge is 0.205 e. The molecule has 0 atom stereocenters. The Hall–Kier alpha value is -0.160. The summed E-state index contributed by atoms with van der Waals surface area (Å²) >= 11 is 3.75. The molecular weight excluding hydrogens is 298 g/mol. The second-order valence-corrected chi connectivity index (χ2v) is 5.81. The van der Waals surface area contributed by atoms with Gasteiger partial charge < -0.3 is 0 Å². The first-order valence-corrected chi connectivity index (χ1v) is 5.98. The van der Waals surface area contributed by atoms with E-state index in [0.717, 1.165) is 25.0 Å². The Balaban J connectivity index is 2.78. The zero-order valence-electron chi connectivity index (χ0n) is 7.10. The highest BCUT2D eigenvalue weighted by atomic mass is 127. The normalized spacial score (nSPS) is 11.0. The number of hydrogen-bond acceptors (Lipinski definition) is 1. The Bertz CT molecular complexity index is 447. The third-order valence-corrected chi connectivity index (χ3v) is 3.96. The van der Waals surface area contributed by atoms with Crippen LogP contribution in [0.3, 0.4) is 0 Å². The van der Waals surface area contributed by atoms with E-state index < -0.39 is 0 Å². The van der Waals surface area contributed by atoms with Crippen LogP contribution in [0.5, 0.6) is 0 Å². The van der Waals surface area contributed by atoms with E-state index in [-0.39, 0.29) is 5.82 Å². The molecule has 68 valence electrons. The van der Waals surface area contributed by atoms with Crippen LogP contribution in [0.25, 0.3) is 10.1 Å². The van der Waals surface area contributed by atoms with Crippen molar-refractivity contribution in [1.29, 1.82) is 0 Å². The number of aryl methyl sites for hydroxylation is 1. The van der Waals surface area contributed by atoms with Gasteiger partial charge in [-0.2, -0.15) is 0 Å². The molecular formula is C10H8FIS. The lowest BCUT2D eigenvalue weighted by Gasteiger charge is -1.98. The Labute approximate surface area is 93.9 Å². The zero-order chi connectivity index (χ0) is 9.42. The first-order valence-electron chi connectivity index (χ1n) is 4.08. The van der Waals surface area contributed by atoms with Crippen LogP contribution in [0, 0.1) is 8.70 Å². The molecule has 1 aromatic carbocycles. The van der Waals surface area contributed by atoms with Crippen molar-refractivity contribution in [2.24, 2.45) is 0 Å². The molecule has 0 unspecified atom stereocenters. The zero-order valence-corrected chi connectivity index (χ0v) is 10.1. The summed E-state index contributed by atoms with van der Waals surface area (Å²) in [5, 5.41) is 1.02. The molecule has 2 aromatic rings. The van der Waals surface area contributed by atoms with Gasteiger partial charge in [0.25, 0.3) is 0 Å². The molecule has 0 radical (unpaired) electrons. The summed E-state index contributed by atoms with van der Waals surface area (Å²) in [6, 6.07) is 5.89. The smallest absolute Gasteiger partial charge is 0.144 e. The molecule has 3 heteroatoms. The molecule has 0 aliphatic heterocycles. The van der Waals surface area contributed by atoms with E-state index >= 15 is 0 Å². The maximum Gasteiger partial charge on any atom is 0.144 e. The number of halogens is 2. The van der Waals surface area contributed by atoms with Crippen LogP contribution in [-0.4, -0.2) is 0 Å². The van der Waals surface area contributed by atoms with E-state index in [9.17, 15) is 4.39 Å². The van der Waals surface area contributed by atoms with Gasteiger partial charge in [-0.15, -0.1) is 11.3 Å². The standard InChI is InChI=1S/C10H8FIS/c1-2-6-3-4-7-5-8(12)13-10(7)9(6)11/h3-5H,2H2,1H3. The molecule has 1 heterocycles. The Kier molecular flexibility index (Phi) is 2.55. The Morgan fingerprint density at radius 2 is 2.23 bits per heavy atom. The quantitative estimate of drug-likeness (QED) is 0.692. The first kappa shape index (κ1) is 9.40. The van der Waals surface area contributed by atoms with Crippen LogP contribution < -0.4 is 0 Å². The second-order valence-electron chi connectivity index (χ2n) is 2.86. The minimum Gasteiger partial charge on any atom is -0.205 e. The maximum atomic E-state index is 13.7. The van der Waals surface area contributed by atoms with E-state index in [4.69, 9.17) is 0 Å². The molecule has 0 N–H and O–H groups in total. The van der Waals surface area contributed by atoms with Crippen molar-refractivity contribution in [2.45, 2.75) is 13.3 Å². The summed E-state index contributed by atoms with van der Waals surface area (Å²) in [6.07, 6.45) is 0.760. The van der Waals surface area contributed by atoms with Crippen molar-refractivity contribution < 1.29 is 4.39 Å². The van der Waals surface area contributed by atoms with Gasteiger partial charge in [-0.1, -0.05) is 19.1 Å². The van der Waals surface area contributed by atoms with Gasteiger partial charge in [0, 0.05) is 0 Å².